The molecule has 1 rings (SSSR count). The summed E-state index contributed by atoms with van der Waals surface area (Å²) in [4.78, 5) is 0. The number of halogens is 1. The van der Waals surface area contributed by atoms with Crippen molar-refractivity contribution in [2.45, 2.75) is 41.0 Å². The molecular weight excluding hydrogens is 265 g/mol. The van der Waals surface area contributed by atoms with Crippen LogP contribution >= 0.6 is 0 Å². The van der Waals surface area contributed by atoms with Crippen LogP contribution in [0.25, 0.3) is 0 Å². The average molecular weight is 295 g/mol. The fourth-order valence-electron chi connectivity index (χ4n) is 2.35. The number of benzene rings is 1. The van der Waals surface area contributed by atoms with Crippen LogP contribution in [0.2, 0.25) is 0 Å². The quantitative estimate of drug-likeness (QED) is 0.810. The molecule has 0 bridgehead atoms. The van der Waals surface area contributed by atoms with E-state index in [-0.39, 0.29) is 11.2 Å². The van der Waals surface area contributed by atoms with E-state index in [9.17, 15) is 4.39 Å². The van der Waals surface area contributed by atoms with Gasteiger partial charge < -0.3 is 10.1 Å². The Hall–Kier alpha value is -1.09. The molecule has 0 aliphatic carbocycles. The highest BCUT2D eigenvalue weighted by molar-refractivity contribution is 5.29. The van der Waals surface area contributed by atoms with Gasteiger partial charge in [-0.1, -0.05) is 40.7 Å². The molecule has 1 atom stereocenters. The smallest absolute Gasteiger partial charge is 0.165 e. The lowest BCUT2D eigenvalue weighted by Gasteiger charge is -2.31. The van der Waals surface area contributed by atoms with Crippen LogP contribution in [-0.4, -0.2) is 20.2 Å². The molecule has 21 heavy (non-hydrogen) atoms. The van der Waals surface area contributed by atoms with Crippen LogP contribution in [0.5, 0.6) is 5.75 Å². The molecule has 0 heterocycles. The van der Waals surface area contributed by atoms with E-state index in [0.29, 0.717) is 17.6 Å². The van der Waals surface area contributed by atoms with Crippen molar-refractivity contribution in [3.63, 3.8) is 0 Å². The van der Waals surface area contributed by atoms with E-state index in [2.05, 4.69) is 39.9 Å². The molecule has 0 amide bonds. The minimum atomic E-state index is -0.280. The number of hydrogen-bond donors (Lipinski definition) is 1. The molecule has 1 aromatic carbocycles. The van der Waals surface area contributed by atoms with Gasteiger partial charge in [-0.3, -0.25) is 0 Å². The Morgan fingerprint density at radius 2 is 1.86 bits per heavy atom. The van der Waals surface area contributed by atoms with Crippen molar-refractivity contribution in [2.75, 3.05) is 20.2 Å². The minimum absolute atomic E-state index is 0.181. The van der Waals surface area contributed by atoms with Crippen molar-refractivity contribution in [3.8, 4) is 5.75 Å². The van der Waals surface area contributed by atoms with Gasteiger partial charge in [-0.2, -0.15) is 0 Å². The average Bonchev–Trinajstić information content (AvgIpc) is 2.36. The van der Waals surface area contributed by atoms with Gasteiger partial charge in [-0.25, -0.2) is 4.39 Å². The van der Waals surface area contributed by atoms with Gasteiger partial charge in [0, 0.05) is 0 Å². The van der Waals surface area contributed by atoms with Gasteiger partial charge >= 0.3 is 0 Å². The summed E-state index contributed by atoms with van der Waals surface area (Å²) >= 11 is 0. The minimum Gasteiger partial charge on any atom is -0.494 e. The van der Waals surface area contributed by atoms with Gasteiger partial charge in [0.05, 0.1) is 7.11 Å². The second-order valence-corrected chi connectivity index (χ2v) is 7.29. The highest BCUT2D eigenvalue weighted by Gasteiger charge is 2.24. The molecule has 1 unspecified atom stereocenters. The molecule has 0 aliphatic heterocycles. The van der Waals surface area contributed by atoms with Gasteiger partial charge in [-0.15, -0.1) is 0 Å². The van der Waals surface area contributed by atoms with Gasteiger partial charge in [-0.05, 0) is 54.5 Å². The van der Waals surface area contributed by atoms with Crippen LogP contribution in [0.4, 0.5) is 4.39 Å². The van der Waals surface area contributed by atoms with Crippen molar-refractivity contribution in [2.24, 2.45) is 17.3 Å². The summed E-state index contributed by atoms with van der Waals surface area (Å²) in [6.45, 7) is 13.1. The highest BCUT2D eigenvalue weighted by Crippen LogP contribution is 2.29. The molecule has 120 valence electrons. The molecule has 0 aliphatic rings. The van der Waals surface area contributed by atoms with Gasteiger partial charge in [0.1, 0.15) is 0 Å². The largest absolute Gasteiger partial charge is 0.494 e. The Morgan fingerprint density at radius 3 is 2.33 bits per heavy atom. The Bertz CT molecular complexity index is 437. The van der Waals surface area contributed by atoms with Gasteiger partial charge in [0.15, 0.2) is 11.6 Å². The summed E-state index contributed by atoms with van der Waals surface area (Å²) in [6.07, 6.45) is 0.871. The maximum Gasteiger partial charge on any atom is 0.165 e. The lowest BCUT2D eigenvalue weighted by Crippen LogP contribution is -2.35. The van der Waals surface area contributed by atoms with E-state index >= 15 is 0 Å². The molecule has 0 saturated heterocycles. The van der Waals surface area contributed by atoms with Crippen molar-refractivity contribution >= 4 is 0 Å². The van der Waals surface area contributed by atoms with E-state index in [4.69, 9.17) is 4.74 Å². The maximum atomic E-state index is 13.8. The fourth-order valence-corrected chi connectivity index (χ4v) is 2.35. The van der Waals surface area contributed by atoms with E-state index in [1.165, 1.54) is 7.11 Å². The number of hydrogen-bond acceptors (Lipinski definition) is 2. The summed E-state index contributed by atoms with van der Waals surface area (Å²) in [5.41, 5.74) is 1.21. The summed E-state index contributed by atoms with van der Waals surface area (Å²) in [5, 5.41) is 3.53. The summed E-state index contributed by atoms with van der Waals surface area (Å²) in [5.74, 6) is 1.13. The fraction of sp³-hybridized carbons (Fsp3) is 0.667. The number of ether oxygens (including phenoxy) is 1. The van der Waals surface area contributed by atoms with Crippen LogP contribution in [0, 0.1) is 23.1 Å². The molecule has 2 nitrogen and oxygen atoms in total. The number of nitrogens with one attached hydrogen (secondary N) is 1. The van der Waals surface area contributed by atoms with E-state index in [0.717, 1.165) is 25.1 Å². The molecule has 0 fully saturated rings. The monoisotopic (exact) mass is 295 g/mol. The van der Waals surface area contributed by atoms with Crippen LogP contribution < -0.4 is 10.1 Å². The van der Waals surface area contributed by atoms with Crippen molar-refractivity contribution in [1.29, 1.82) is 0 Å². The predicted octanol–water partition coefficient (Wildman–Crippen LogP) is 4.28. The second-order valence-electron chi connectivity index (χ2n) is 7.29. The first-order valence-electron chi connectivity index (χ1n) is 7.77. The van der Waals surface area contributed by atoms with Gasteiger partial charge in [0.25, 0.3) is 0 Å². The summed E-state index contributed by atoms with van der Waals surface area (Å²) in [6, 6.07) is 5.27. The first-order chi connectivity index (χ1) is 9.74. The zero-order valence-electron chi connectivity index (χ0n) is 14.3. The van der Waals surface area contributed by atoms with Crippen LogP contribution in [-0.2, 0) is 6.42 Å². The Kier molecular flexibility index (Phi) is 6.66. The molecule has 0 spiro atoms. The van der Waals surface area contributed by atoms with E-state index in [1.807, 2.05) is 6.07 Å². The molecule has 0 aromatic heterocycles. The predicted molar refractivity (Wildman–Crippen MR) is 87.3 cm³/mol. The van der Waals surface area contributed by atoms with Crippen molar-refractivity contribution < 1.29 is 9.13 Å². The van der Waals surface area contributed by atoms with Crippen LogP contribution in [0.1, 0.15) is 40.2 Å². The van der Waals surface area contributed by atoms with Crippen molar-refractivity contribution in [1.82, 2.24) is 5.32 Å². The maximum absolute atomic E-state index is 13.8. The Labute approximate surface area is 129 Å². The second kappa shape index (κ2) is 7.79. The van der Waals surface area contributed by atoms with Crippen molar-refractivity contribution in [3.05, 3.63) is 29.6 Å². The zero-order valence-corrected chi connectivity index (χ0v) is 14.3. The SMILES string of the molecule is COc1ccc(CC(CNCC(C)C)C(C)(C)C)cc1F. The first kappa shape index (κ1) is 18.0. The molecule has 0 saturated carbocycles. The molecular formula is C18H30FNO. The number of rotatable bonds is 7. The molecule has 3 heteroatoms. The molecule has 1 N–H and O–H groups in total. The summed E-state index contributed by atoms with van der Waals surface area (Å²) in [7, 11) is 1.49. The Morgan fingerprint density at radius 1 is 1.19 bits per heavy atom. The third-order valence-corrected chi connectivity index (χ3v) is 3.87. The zero-order chi connectivity index (χ0) is 16.0. The number of methoxy groups -OCH3 is 1. The lowest BCUT2D eigenvalue weighted by molar-refractivity contribution is 0.228. The summed E-state index contributed by atoms with van der Waals surface area (Å²) < 4.78 is 18.8. The standard InChI is InChI=1S/C18H30FNO/c1-13(2)11-20-12-15(18(3,4)5)9-14-7-8-17(21-6)16(19)10-14/h7-8,10,13,15,20H,9,11-12H2,1-6H3. The van der Waals surface area contributed by atoms with E-state index < -0.39 is 0 Å². The topological polar surface area (TPSA) is 21.3 Å². The highest BCUT2D eigenvalue weighted by atomic mass is 19.1. The lowest BCUT2D eigenvalue weighted by atomic mass is 9.77. The van der Waals surface area contributed by atoms with Crippen LogP contribution in [0.3, 0.4) is 0 Å². The van der Waals surface area contributed by atoms with Crippen LogP contribution in [0.15, 0.2) is 18.2 Å². The third-order valence-electron chi connectivity index (χ3n) is 3.87. The normalized spacial score (nSPS) is 13.5. The molecule has 0 radical (unpaired) electrons. The first-order valence-corrected chi connectivity index (χ1v) is 7.77. The van der Waals surface area contributed by atoms with Gasteiger partial charge in [0.2, 0.25) is 0 Å². The van der Waals surface area contributed by atoms with E-state index in [1.54, 1.807) is 12.1 Å². The Balaban J connectivity index is 2.74. The third kappa shape index (κ3) is 6.04. The molecule has 1 aromatic rings.